The molecule has 0 atom stereocenters. The van der Waals surface area contributed by atoms with Gasteiger partial charge in [0.25, 0.3) is 0 Å². The van der Waals surface area contributed by atoms with Crippen LogP contribution >= 0.6 is 15.9 Å². The predicted molar refractivity (Wildman–Crippen MR) is 68.9 cm³/mol. The monoisotopic (exact) mass is 346 g/mol. The van der Waals surface area contributed by atoms with Crippen LogP contribution in [0.3, 0.4) is 0 Å². The molecule has 0 saturated carbocycles. The number of para-hydroxylation sites is 1. The molecule has 5 nitrogen and oxygen atoms in total. The molecule has 1 aromatic heterocycles. The van der Waals surface area contributed by atoms with Gasteiger partial charge in [0.05, 0.1) is 4.47 Å². The van der Waals surface area contributed by atoms with E-state index in [-0.39, 0.29) is 23.7 Å². The molecular weight excluding hydrogens is 338 g/mol. The van der Waals surface area contributed by atoms with E-state index in [1.54, 1.807) is 12.1 Å². The number of imidazole rings is 1. The van der Waals surface area contributed by atoms with E-state index in [0.29, 0.717) is 9.04 Å². The van der Waals surface area contributed by atoms with Gasteiger partial charge in [0.15, 0.2) is 5.82 Å². The highest BCUT2D eigenvalue weighted by atomic mass is 79.9. The Balaban J connectivity index is 2.23. The van der Waals surface area contributed by atoms with Crippen molar-refractivity contribution in [1.29, 1.82) is 0 Å². The number of hydrogen-bond acceptors (Lipinski definition) is 3. The number of alkyl halides is 2. The molecule has 0 amide bonds. The summed E-state index contributed by atoms with van der Waals surface area (Å²) in [5, 5.41) is 9.05. The molecule has 0 spiro atoms. The van der Waals surface area contributed by atoms with E-state index in [1.165, 1.54) is 12.3 Å². The van der Waals surface area contributed by atoms with Crippen molar-refractivity contribution in [2.75, 3.05) is 0 Å². The molecule has 0 aliphatic rings. The molecule has 8 heteroatoms. The lowest BCUT2D eigenvalue weighted by Crippen LogP contribution is -2.09. The van der Waals surface area contributed by atoms with Crippen LogP contribution in [-0.4, -0.2) is 20.6 Å². The molecule has 20 heavy (non-hydrogen) atoms. The first-order valence-electron chi connectivity index (χ1n) is 5.45. The molecule has 2 rings (SSSR count). The summed E-state index contributed by atoms with van der Waals surface area (Å²) in [5.41, 5.74) is -0.0606. The first kappa shape index (κ1) is 14.4. The SMILES string of the molecule is O=C(O)c1cccc(Br)c1OCc1nccn1C(F)F. The van der Waals surface area contributed by atoms with Gasteiger partial charge in [-0.2, -0.15) is 8.78 Å². The fourth-order valence-corrected chi connectivity index (χ4v) is 2.07. The van der Waals surface area contributed by atoms with Gasteiger partial charge >= 0.3 is 12.5 Å². The Morgan fingerprint density at radius 2 is 2.25 bits per heavy atom. The van der Waals surface area contributed by atoms with Gasteiger partial charge in [-0.1, -0.05) is 6.07 Å². The van der Waals surface area contributed by atoms with Gasteiger partial charge in [0.1, 0.15) is 17.9 Å². The third kappa shape index (κ3) is 2.96. The number of nitrogens with zero attached hydrogens (tertiary/aromatic N) is 2. The highest BCUT2D eigenvalue weighted by molar-refractivity contribution is 9.10. The van der Waals surface area contributed by atoms with Crippen molar-refractivity contribution in [3.05, 3.63) is 46.5 Å². The number of hydrogen-bond donors (Lipinski definition) is 1. The van der Waals surface area contributed by atoms with Crippen molar-refractivity contribution >= 4 is 21.9 Å². The lowest BCUT2D eigenvalue weighted by Gasteiger charge is -2.11. The van der Waals surface area contributed by atoms with Crippen molar-refractivity contribution in [1.82, 2.24) is 9.55 Å². The number of carbonyl (C=O) groups is 1. The normalized spacial score (nSPS) is 10.8. The number of benzene rings is 1. The van der Waals surface area contributed by atoms with Gasteiger partial charge in [-0.05, 0) is 28.1 Å². The summed E-state index contributed by atoms with van der Waals surface area (Å²) in [6, 6.07) is 4.50. The van der Waals surface area contributed by atoms with Gasteiger partial charge in [0, 0.05) is 12.4 Å². The van der Waals surface area contributed by atoms with Crippen molar-refractivity contribution < 1.29 is 23.4 Å². The van der Waals surface area contributed by atoms with Crippen LogP contribution in [0.4, 0.5) is 8.78 Å². The van der Waals surface area contributed by atoms with E-state index in [0.717, 1.165) is 6.20 Å². The summed E-state index contributed by atoms with van der Waals surface area (Å²) in [5.74, 6) is -1.09. The van der Waals surface area contributed by atoms with Crippen LogP contribution in [0.2, 0.25) is 0 Å². The van der Waals surface area contributed by atoms with Crippen LogP contribution in [0.15, 0.2) is 35.1 Å². The quantitative estimate of drug-likeness (QED) is 0.901. The summed E-state index contributed by atoms with van der Waals surface area (Å²) in [7, 11) is 0. The Kier molecular flexibility index (Phi) is 4.33. The number of carboxylic acids is 1. The Hall–Kier alpha value is -1.96. The average Bonchev–Trinajstić information content (AvgIpc) is 2.85. The minimum absolute atomic E-state index is 0.00657. The minimum Gasteiger partial charge on any atom is -0.484 e. The molecule has 106 valence electrons. The predicted octanol–water partition coefficient (Wildman–Crippen LogP) is 3.32. The van der Waals surface area contributed by atoms with Crippen molar-refractivity contribution in [2.45, 2.75) is 13.2 Å². The Morgan fingerprint density at radius 3 is 2.90 bits per heavy atom. The zero-order valence-electron chi connectivity index (χ0n) is 9.96. The molecule has 0 fully saturated rings. The zero-order chi connectivity index (χ0) is 14.7. The fraction of sp³-hybridized carbons (Fsp3) is 0.167. The summed E-state index contributed by atoms with van der Waals surface area (Å²) in [6.45, 7) is -2.99. The standard InChI is InChI=1S/C12H9BrF2N2O3/c13-8-3-1-2-7(11(18)19)10(8)20-6-9-16-4-5-17(9)12(14)15/h1-5,12H,6H2,(H,18,19). The maximum absolute atomic E-state index is 12.6. The van der Waals surface area contributed by atoms with Crippen LogP contribution in [0.1, 0.15) is 22.7 Å². The second kappa shape index (κ2) is 6.00. The third-order valence-corrected chi connectivity index (χ3v) is 3.13. The van der Waals surface area contributed by atoms with Crippen LogP contribution in [0.25, 0.3) is 0 Å². The zero-order valence-corrected chi connectivity index (χ0v) is 11.5. The highest BCUT2D eigenvalue weighted by Gasteiger charge is 2.17. The number of aromatic nitrogens is 2. The van der Waals surface area contributed by atoms with Gasteiger partial charge < -0.3 is 9.84 Å². The van der Waals surface area contributed by atoms with Gasteiger partial charge in [-0.3, -0.25) is 4.57 Å². The van der Waals surface area contributed by atoms with Gasteiger partial charge in [-0.15, -0.1) is 0 Å². The molecule has 0 aliphatic carbocycles. The largest absolute Gasteiger partial charge is 0.484 e. The molecular formula is C12H9BrF2N2O3. The summed E-state index contributed by atoms with van der Waals surface area (Å²) in [4.78, 5) is 14.8. The van der Waals surface area contributed by atoms with Gasteiger partial charge in [0.2, 0.25) is 0 Å². The van der Waals surface area contributed by atoms with E-state index in [1.807, 2.05) is 0 Å². The molecule has 0 aliphatic heterocycles. The molecule has 1 N–H and O–H groups in total. The third-order valence-electron chi connectivity index (χ3n) is 2.50. The highest BCUT2D eigenvalue weighted by Crippen LogP contribution is 2.30. The maximum Gasteiger partial charge on any atom is 0.339 e. The molecule has 2 aromatic rings. The number of carboxylic acid groups (broad SMARTS) is 1. The fourth-order valence-electron chi connectivity index (χ4n) is 1.59. The second-order valence-corrected chi connectivity index (χ2v) is 4.59. The van der Waals surface area contributed by atoms with Gasteiger partial charge in [-0.25, -0.2) is 9.78 Å². The van der Waals surface area contributed by atoms with E-state index >= 15 is 0 Å². The van der Waals surface area contributed by atoms with E-state index in [2.05, 4.69) is 20.9 Å². The average molecular weight is 347 g/mol. The Bertz CT molecular complexity index is 631. The molecule has 0 unspecified atom stereocenters. The Labute approximate surface area is 120 Å². The minimum atomic E-state index is -2.73. The first-order valence-corrected chi connectivity index (χ1v) is 6.24. The lowest BCUT2D eigenvalue weighted by atomic mass is 10.2. The topological polar surface area (TPSA) is 64.3 Å². The van der Waals surface area contributed by atoms with Crippen molar-refractivity contribution in [3.63, 3.8) is 0 Å². The summed E-state index contributed by atoms with van der Waals surface area (Å²) in [6.07, 6.45) is 2.35. The lowest BCUT2D eigenvalue weighted by molar-refractivity contribution is 0.0623. The molecule has 1 heterocycles. The van der Waals surface area contributed by atoms with E-state index in [9.17, 15) is 13.6 Å². The number of halogens is 3. The molecule has 0 saturated heterocycles. The van der Waals surface area contributed by atoms with Crippen molar-refractivity contribution in [2.24, 2.45) is 0 Å². The number of ether oxygens (including phenoxy) is 1. The van der Waals surface area contributed by atoms with Crippen LogP contribution in [0, 0.1) is 0 Å². The van der Waals surface area contributed by atoms with E-state index < -0.39 is 12.5 Å². The van der Waals surface area contributed by atoms with Crippen LogP contribution in [0.5, 0.6) is 5.75 Å². The van der Waals surface area contributed by atoms with Crippen LogP contribution in [-0.2, 0) is 6.61 Å². The number of rotatable bonds is 5. The van der Waals surface area contributed by atoms with Crippen LogP contribution < -0.4 is 4.74 Å². The second-order valence-electron chi connectivity index (χ2n) is 3.74. The number of aromatic carboxylic acids is 1. The molecule has 0 radical (unpaired) electrons. The first-order chi connectivity index (χ1) is 9.50. The molecule has 1 aromatic carbocycles. The smallest absolute Gasteiger partial charge is 0.339 e. The summed E-state index contributed by atoms with van der Waals surface area (Å²) < 4.78 is 31.7. The van der Waals surface area contributed by atoms with Crippen molar-refractivity contribution in [3.8, 4) is 5.75 Å². The Morgan fingerprint density at radius 1 is 1.50 bits per heavy atom. The summed E-state index contributed by atoms with van der Waals surface area (Å²) >= 11 is 3.16. The van der Waals surface area contributed by atoms with E-state index in [4.69, 9.17) is 9.84 Å². The molecule has 0 bridgehead atoms. The maximum atomic E-state index is 12.6.